The van der Waals surface area contributed by atoms with Crippen LogP contribution in [0, 0.1) is 12.3 Å². The number of benzene rings is 4. The van der Waals surface area contributed by atoms with E-state index in [2.05, 4.69) is 96.9 Å². The molecule has 0 aromatic heterocycles. The smallest absolute Gasteiger partial charge is 0.269 e. The maximum Gasteiger partial charge on any atom is 1.00 e. The minimum atomic E-state index is -0.446. The third-order valence-electron chi connectivity index (χ3n) is 5.17. The molecule has 0 spiro atoms. The largest absolute Gasteiger partial charge is 1.00 e. The summed E-state index contributed by atoms with van der Waals surface area (Å²) < 4.78 is 0. The molecule has 0 saturated heterocycles. The number of fused-ring (bicyclic) bond motifs is 1. The maximum absolute atomic E-state index is 11.6. The quantitative estimate of drug-likeness (QED) is 0.144. The molecule has 0 fully saturated rings. The molecule has 5 rings (SSSR count). The van der Waals surface area contributed by atoms with E-state index in [1.807, 2.05) is 0 Å². The van der Waals surface area contributed by atoms with Crippen molar-refractivity contribution in [1.82, 2.24) is 4.90 Å². The van der Waals surface area contributed by atoms with Crippen molar-refractivity contribution in [2.45, 2.75) is 0 Å². The van der Waals surface area contributed by atoms with E-state index in [1.54, 1.807) is 24.3 Å². The molecule has 34 heavy (non-hydrogen) atoms. The first-order chi connectivity index (χ1) is 16.2. The molecule has 0 unspecified atom stereocenters. The van der Waals surface area contributed by atoms with E-state index in [0.29, 0.717) is 11.1 Å². The second-order valence-electron chi connectivity index (χ2n) is 7.29. The van der Waals surface area contributed by atoms with Crippen LogP contribution in [0.1, 0.15) is 20.7 Å². The van der Waals surface area contributed by atoms with Crippen LogP contribution in [0.5, 0.6) is 0 Å². The molecule has 0 saturated carbocycles. The molecule has 170 valence electrons. The molecule has 0 aliphatic carbocycles. The molecule has 0 bridgehead atoms. The number of amides is 2. The molecule has 3 nitrogen and oxygen atoms in total. The molecule has 4 aromatic rings. The molecule has 1 aliphatic heterocycles. The van der Waals surface area contributed by atoms with E-state index in [4.69, 9.17) is 6.42 Å². The van der Waals surface area contributed by atoms with Crippen LogP contribution in [-0.4, -0.2) is 23.3 Å². The van der Waals surface area contributed by atoms with Crippen molar-refractivity contribution in [3.05, 3.63) is 126 Å². The van der Waals surface area contributed by atoms with E-state index >= 15 is 0 Å². The fourth-order valence-corrected chi connectivity index (χ4v) is 5.96. The number of imide groups is 1. The van der Waals surface area contributed by atoms with Crippen molar-refractivity contribution >= 4 is 35.6 Å². The predicted octanol–water partition coefficient (Wildman–Crippen LogP) is 4.36. The van der Waals surface area contributed by atoms with Crippen LogP contribution in [0.3, 0.4) is 0 Å². The summed E-state index contributed by atoms with van der Waals surface area (Å²) in [5.41, 5.74) is 0.875. The van der Waals surface area contributed by atoms with Crippen LogP contribution in [0.4, 0.5) is 0 Å². The van der Waals surface area contributed by atoms with Gasteiger partial charge in [0.2, 0.25) is 0 Å². The van der Waals surface area contributed by atoms with Gasteiger partial charge in [-0.1, -0.05) is 109 Å². The van der Waals surface area contributed by atoms with Crippen LogP contribution >= 0.6 is 7.92 Å². The third-order valence-corrected chi connectivity index (χ3v) is 7.61. The van der Waals surface area contributed by atoms with Gasteiger partial charge in [-0.05, 0) is 36.0 Å². The fraction of sp³-hybridized carbons (Fsp3) is 0.0345. The Hall–Kier alpha value is -3.25. The summed E-state index contributed by atoms with van der Waals surface area (Å²) in [6, 6.07) is 39.0. The summed E-state index contributed by atoms with van der Waals surface area (Å²) in [6.07, 6.45) is 5.07. The molecule has 0 atom stereocenters. The van der Waals surface area contributed by atoms with Crippen LogP contribution in [0.25, 0.3) is 0 Å². The summed E-state index contributed by atoms with van der Waals surface area (Å²) in [6.45, 7) is 0.0341. The van der Waals surface area contributed by atoms with Crippen LogP contribution in [0.2, 0.25) is 0 Å². The Morgan fingerprint density at radius 3 is 1.24 bits per heavy atom. The summed E-state index contributed by atoms with van der Waals surface area (Å²) >= 11 is 0. The Bertz CT molecular complexity index is 1160. The number of hydrogen-bond acceptors (Lipinski definition) is 2. The Morgan fingerprint density at radius 1 is 0.588 bits per heavy atom. The van der Waals surface area contributed by atoms with Crippen molar-refractivity contribution in [2.24, 2.45) is 0 Å². The molecule has 4 aromatic carbocycles. The maximum atomic E-state index is 11.6. The predicted molar refractivity (Wildman–Crippen MR) is 136 cm³/mol. The van der Waals surface area contributed by atoms with Gasteiger partial charge in [0, 0.05) is 0 Å². The average molecular weight is 644 g/mol. The Balaban J connectivity index is 0.000000193. The van der Waals surface area contributed by atoms with Crippen LogP contribution in [0.15, 0.2) is 115 Å². The third kappa shape index (κ3) is 5.62. The van der Waals surface area contributed by atoms with E-state index in [1.165, 1.54) is 15.9 Å². The SMILES string of the molecule is C#CCN1C(=O)c2ccccc2C1=O.[Au+].c1ccc(P(c2ccccc2)c2ccccc2)cc1. The zero-order valence-electron chi connectivity index (χ0n) is 18.3. The Labute approximate surface area is 217 Å². The molecule has 5 heteroatoms. The molecule has 2 amide bonds. The van der Waals surface area contributed by atoms with Crippen molar-refractivity contribution in [3.8, 4) is 12.3 Å². The first-order valence-electron chi connectivity index (χ1n) is 10.5. The standard InChI is InChI=1S/C18H15P.C11H7NO2.Au/c1-4-10-16(11-5-1)19(17-12-6-2-7-13-17)18-14-8-3-9-15-18;1-2-7-12-10(13)8-5-3-4-6-9(8)11(12)14;/h1-15H;1,3-6H,7H2;/q;;+1. The summed E-state index contributed by atoms with van der Waals surface area (Å²) in [4.78, 5) is 24.3. The second kappa shape index (κ2) is 12.3. The van der Waals surface area contributed by atoms with E-state index in [9.17, 15) is 9.59 Å². The summed E-state index contributed by atoms with van der Waals surface area (Å²) in [7, 11) is -0.446. The molecule has 1 aliphatic rings. The van der Waals surface area contributed by atoms with Gasteiger partial charge in [0.15, 0.2) is 0 Å². The zero-order chi connectivity index (χ0) is 23.0. The minimum Gasteiger partial charge on any atom is -0.269 e. The number of terminal acetylenes is 1. The zero-order valence-corrected chi connectivity index (χ0v) is 21.3. The molecule has 0 N–H and O–H groups in total. The van der Waals surface area contributed by atoms with Gasteiger partial charge < -0.3 is 0 Å². The number of hydrogen-bond donors (Lipinski definition) is 0. The van der Waals surface area contributed by atoms with Gasteiger partial charge >= 0.3 is 22.4 Å². The normalized spacial score (nSPS) is 11.7. The first kappa shape index (κ1) is 25.4. The van der Waals surface area contributed by atoms with Gasteiger partial charge in [0.1, 0.15) is 0 Å². The van der Waals surface area contributed by atoms with Crippen LogP contribution < -0.4 is 15.9 Å². The van der Waals surface area contributed by atoms with Gasteiger partial charge in [-0.15, -0.1) is 6.42 Å². The number of nitrogens with zero attached hydrogens (tertiary/aromatic N) is 1. The van der Waals surface area contributed by atoms with Crippen molar-refractivity contribution in [2.75, 3.05) is 6.54 Å². The molecule has 1 heterocycles. The Kier molecular flexibility index (Phi) is 9.16. The van der Waals surface area contributed by atoms with Crippen molar-refractivity contribution < 1.29 is 32.0 Å². The fourth-order valence-electron chi connectivity index (χ4n) is 3.65. The number of carbonyl (C=O) groups is 2. The van der Waals surface area contributed by atoms with Gasteiger partial charge in [-0.2, -0.15) is 0 Å². The van der Waals surface area contributed by atoms with Gasteiger partial charge in [0.25, 0.3) is 11.8 Å². The molecular weight excluding hydrogens is 622 g/mol. The monoisotopic (exact) mass is 644 g/mol. The van der Waals surface area contributed by atoms with Gasteiger partial charge in [-0.3, -0.25) is 14.5 Å². The first-order valence-corrected chi connectivity index (χ1v) is 11.9. The van der Waals surface area contributed by atoms with Crippen molar-refractivity contribution in [3.63, 3.8) is 0 Å². The molecular formula is C29H22AuNO2P+. The van der Waals surface area contributed by atoms with Gasteiger partial charge in [-0.25, -0.2) is 0 Å². The van der Waals surface area contributed by atoms with E-state index in [-0.39, 0.29) is 40.7 Å². The Morgan fingerprint density at radius 2 is 0.912 bits per heavy atom. The summed E-state index contributed by atoms with van der Waals surface area (Å²) in [5.74, 6) is 1.69. The number of rotatable bonds is 4. The number of carbonyl (C=O) groups excluding carboxylic acids is 2. The topological polar surface area (TPSA) is 37.4 Å². The van der Waals surface area contributed by atoms with Crippen LogP contribution in [-0.2, 0) is 22.4 Å². The minimum absolute atomic E-state index is 0. The molecule has 0 radical (unpaired) electrons. The average Bonchev–Trinajstić information content (AvgIpc) is 3.12. The second-order valence-corrected chi connectivity index (χ2v) is 9.51. The van der Waals surface area contributed by atoms with E-state index < -0.39 is 7.92 Å². The summed E-state index contributed by atoms with van der Waals surface area (Å²) in [5, 5.41) is 4.19. The van der Waals surface area contributed by atoms with Crippen molar-refractivity contribution in [1.29, 1.82) is 0 Å². The van der Waals surface area contributed by atoms with Gasteiger partial charge in [0.05, 0.1) is 17.7 Å². The van der Waals surface area contributed by atoms with E-state index in [0.717, 1.165) is 4.90 Å².